The summed E-state index contributed by atoms with van der Waals surface area (Å²) >= 11 is 1.32. The van der Waals surface area contributed by atoms with Gasteiger partial charge in [-0.1, -0.05) is 30.7 Å². The zero-order chi connectivity index (χ0) is 24.5. The molecule has 9 heteroatoms. The van der Waals surface area contributed by atoms with E-state index in [2.05, 4.69) is 27.8 Å². The molecular weight excluding hydrogens is 463 g/mol. The maximum atomic E-state index is 13.1. The average Bonchev–Trinajstić information content (AvgIpc) is 3.17. The molecule has 0 unspecified atom stereocenters. The number of esters is 1. The Bertz CT molecular complexity index is 1180. The Kier molecular flexibility index (Phi) is 7.14. The standard InChI is InChI=1S/C25H28F3N3O2S/c1-4-5-20-15-31(24-29-22-7-6-19(25(26,27)28)13-23(22)34-24)9-8-30(20)14-18-10-16(2)11-21(12-18)33-17(3)32/h6-7,10-13,20H,4-5,8-9,14-15H2,1-3H3/t20-/m0/s1. The van der Waals surface area contributed by atoms with Crippen LogP contribution in [0.1, 0.15) is 43.4 Å². The highest BCUT2D eigenvalue weighted by Crippen LogP contribution is 2.36. The summed E-state index contributed by atoms with van der Waals surface area (Å²) < 4.78 is 45.1. The molecule has 1 atom stereocenters. The van der Waals surface area contributed by atoms with E-state index in [1.807, 2.05) is 19.1 Å². The second kappa shape index (κ2) is 9.92. The minimum Gasteiger partial charge on any atom is -0.427 e. The van der Waals surface area contributed by atoms with Crippen molar-refractivity contribution in [2.75, 3.05) is 24.5 Å². The zero-order valence-electron chi connectivity index (χ0n) is 19.5. The SMILES string of the molecule is CCC[C@H]1CN(c2nc3ccc(C(F)(F)F)cc3s2)CCN1Cc1cc(C)cc(OC(C)=O)c1. The van der Waals surface area contributed by atoms with Crippen molar-refractivity contribution in [3.8, 4) is 5.75 Å². The average molecular weight is 492 g/mol. The minimum absolute atomic E-state index is 0.286. The molecule has 1 fully saturated rings. The smallest absolute Gasteiger partial charge is 0.416 e. The number of anilines is 1. The van der Waals surface area contributed by atoms with Crippen molar-refractivity contribution in [3.05, 3.63) is 53.1 Å². The van der Waals surface area contributed by atoms with Crippen LogP contribution in [0.3, 0.4) is 0 Å². The van der Waals surface area contributed by atoms with Crippen LogP contribution in [-0.4, -0.2) is 41.5 Å². The van der Waals surface area contributed by atoms with Gasteiger partial charge in [-0.25, -0.2) is 4.98 Å². The molecule has 1 aliphatic heterocycles. The number of ether oxygens (including phenoxy) is 1. The highest BCUT2D eigenvalue weighted by Gasteiger charge is 2.32. The van der Waals surface area contributed by atoms with Crippen molar-refractivity contribution < 1.29 is 22.7 Å². The topological polar surface area (TPSA) is 45.7 Å². The number of thiazole rings is 1. The summed E-state index contributed by atoms with van der Waals surface area (Å²) in [5.74, 6) is 0.216. The number of hydrogen-bond acceptors (Lipinski definition) is 6. The van der Waals surface area contributed by atoms with E-state index in [1.54, 1.807) is 0 Å². The van der Waals surface area contributed by atoms with Gasteiger partial charge in [-0.3, -0.25) is 9.69 Å². The second-order valence-electron chi connectivity index (χ2n) is 8.78. The highest BCUT2D eigenvalue weighted by molar-refractivity contribution is 7.22. The molecule has 2 heterocycles. The number of hydrogen-bond donors (Lipinski definition) is 0. The summed E-state index contributed by atoms with van der Waals surface area (Å²) in [6, 6.07) is 9.89. The number of carbonyl (C=O) groups excluding carboxylic acids is 1. The lowest BCUT2D eigenvalue weighted by Gasteiger charge is -2.41. The van der Waals surface area contributed by atoms with Crippen molar-refractivity contribution in [2.24, 2.45) is 0 Å². The van der Waals surface area contributed by atoms with Crippen molar-refractivity contribution in [3.63, 3.8) is 0 Å². The number of rotatable bonds is 6. The Balaban J connectivity index is 1.51. The fraction of sp³-hybridized carbons (Fsp3) is 0.440. The zero-order valence-corrected chi connectivity index (χ0v) is 20.3. The van der Waals surface area contributed by atoms with Gasteiger partial charge in [0.2, 0.25) is 0 Å². The van der Waals surface area contributed by atoms with Crippen LogP contribution in [0.5, 0.6) is 5.75 Å². The van der Waals surface area contributed by atoms with Crippen molar-refractivity contribution in [1.29, 1.82) is 0 Å². The third-order valence-corrected chi connectivity index (χ3v) is 7.04. The summed E-state index contributed by atoms with van der Waals surface area (Å²) in [5.41, 5.74) is 2.08. The van der Waals surface area contributed by atoms with Crippen LogP contribution in [0.2, 0.25) is 0 Å². The predicted molar refractivity (Wildman–Crippen MR) is 128 cm³/mol. The lowest BCUT2D eigenvalue weighted by molar-refractivity contribution is -0.137. The molecule has 2 aromatic carbocycles. The van der Waals surface area contributed by atoms with Gasteiger partial charge in [0, 0.05) is 39.1 Å². The molecule has 0 radical (unpaired) electrons. The summed E-state index contributed by atoms with van der Waals surface area (Å²) in [7, 11) is 0. The molecule has 0 amide bonds. The van der Waals surface area contributed by atoms with Crippen LogP contribution < -0.4 is 9.64 Å². The van der Waals surface area contributed by atoms with E-state index >= 15 is 0 Å². The number of piperazine rings is 1. The van der Waals surface area contributed by atoms with E-state index in [1.165, 1.54) is 30.4 Å². The van der Waals surface area contributed by atoms with Crippen molar-refractivity contribution >= 4 is 32.7 Å². The largest absolute Gasteiger partial charge is 0.427 e. The van der Waals surface area contributed by atoms with Gasteiger partial charge in [0.1, 0.15) is 5.75 Å². The molecule has 1 saturated heterocycles. The number of fused-ring (bicyclic) bond motifs is 1. The second-order valence-corrected chi connectivity index (χ2v) is 9.79. The first-order chi connectivity index (χ1) is 16.1. The van der Waals surface area contributed by atoms with E-state index in [0.29, 0.717) is 16.0 Å². The van der Waals surface area contributed by atoms with Crippen LogP contribution in [0.25, 0.3) is 10.2 Å². The lowest BCUT2D eigenvalue weighted by Crippen LogP contribution is -2.52. The molecule has 4 rings (SSSR count). The van der Waals surface area contributed by atoms with Crippen LogP contribution in [0.15, 0.2) is 36.4 Å². The summed E-state index contributed by atoms with van der Waals surface area (Å²) in [6.45, 7) is 8.59. The number of alkyl halides is 3. The predicted octanol–water partition coefficient (Wildman–Crippen LogP) is 6.04. The molecule has 0 aliphatic carbocycles. The molecule has 182 valence electrons. The Morgan fingerprint density at radius 3 is 2.71 bits per heavy atom. The number of halogens is 3. The van der Waals surface area contributed by atoms with Crippen molar-refractivity contribution in [2.45, 2.75) is 52.4 Å². The first-order valence-corrected chi connectivity index (χ1v) is 12.2. The molecule has 5 nitrogen and oxygen atoms in total. The molecular formula is C25H28F3N3O2S. The molecule has 1 aromatic heterocycles. The Labute approximate surface area is 201 Å². The minimum atomic E-state index is -4.36. The Morgan fingerprint density at radius 2 is 2.00 bits per heavy atom. The van der Waals surface area contributed by atoms with E-state index in [9.17, 15) is 18.0 Å². The quantitative estimate of drug-likeness (QED) is 0.311. The number of benzene rings is 2. The number of carbonyl (C=O) groups is 1. The first-order valence-electron chi connectivity index (χ1n) is 11.4. The van der Waals surface area contributed by atoms with Gasteiger partial charge >= 0.3 is 12.1 Å². The molecule has 1 aliphatic rings. The summed E-state index contributed by atoms with van der Waals surface area (Å²) in [4.78, 5) is 20.6. The van der Waals surface area contributed by atoms with E-state index in [-0.39, 0.29) is 12.0 Å². The lowest BCUT2D eigenvalue weighted by atomic mass is 10.0. The first kappa shape index (κ1) is 24.5. The fourth-order valence-corrected chi connectivity index (χ4v) is 5.52. The summed E-state index contributed by atoms with van der Waals surface area (Å²) in [6.07, 6.45) is -2.33. The molecule has 34 heavy (non-hydrogen) atoms. The molecule has 0 bridgehead atoms. The number of nitrogens with zero attached hydrogens (tertiary/aromatic N) is 3. The van der Waals surface area contributed by atoms with Crippen LogP contribution in [0.4, 0.5) is 18.3 Å². The van der Waals surface area contributed by atoms with E-state index < -0.39 is 11.7 Å². The maximum absolute atomic E-state index is 13.1. The van der Waals surface area contributed by atoms with E-state index in [0.717, 1.165) is 61.3 Å². The highest BCUT2D eigenvalue weighted by atomic mass is 32.1. The van der Waals surface area contributed by atoms with Crippen molar-refractivity contribution in [1.82, 2.24) is 9.88 Å². The van der Waals surface area contributed by atoms with Crippen LogP contribution in [0, 0.1) is 6.92 Å². The molecule has 3 aromatic rings. The normalized spacial score (nSPS) is 17.4. The van der Waals surface area contributed by atoms with Gasteiger partial charge in [-0.05, 0) is 54.8 Å². The molecule has 0 N–H and O–H groups in total. The number of aryl methyl sites for hydroxylation is 1. The Hall–Kier alpha value is -2.65. The summed E-state index contributed by atoms with van der Waals surface area (Å²) in [5, 5.41) is 0.766. The van der Waals surface area contributed by atoms with E-state index in [4.69, 9.17) is 4.74 Å². The van der Waals surface area contributed by atoms with Gasteiger partial charge in [0.15, 0.2) is 5.13 Å². The van der Waals surface area contributed by atoms with Crippen LogP contribution in [-0.2, 0) is 17.5 Å². The van der Waals surface area contributed by atoms with Gasteiger partial charge in [-0.2, -0.15) is 13.2 Å². The number of aromatic nitrogens is 1. The van der Waals surface area contributed by atoms with Gasteiger partial charge < -0.3 is 9.64 Å². The van der Waals surface area contributed by atoms with Gasteiger partial charge in [-0.15, -0.1) is 0 Å². The van der Waals surface area contributed by atoms with Gasteiger partial charge in [0.25, 0.3) is 0 Å². The fourth-order valence-electron chi connectivity index (χ4n) is 4.48. The maximum Gasteiger partial charge on any atom is 0.416 e. The monoisotopic (exact) mass is 491 g/mol. The molecule has 0 saturated carbocycles. The third kappa shape index (κ3) is 5.70. The third-order valence-electron chi connectivity index (χ3n) is 5.96. The molecule has 0 spiro atoms. The Morgan fingerprint density at radius 1 is 1.21 bits per heavy atom. The van der Waals surface area contributed by atoms with Gasteiger partial charge in [0.05, 0.1) is 15.8 Å². The van der Waals surface area contributed by atoms with Crippen LogP contribution >= 0.6 is 11.3 Å².